The van der Waals surface area contributed by atoms with Crippen molar-refractivity contribution in [3.8, 4) is 5.75 Å². The maximum Gasteiger partial charge on any atom is 0.279 e. The molecule has 0 aliphatic carbocycles. The Bertz CT molecular complexity index is 959. The standard InChI is InChI=1S/C24H33N5O3/c1-17-13-19(32-12-9-27(2)3)5-6-20(17)26-23-14-21-22(15-25-23)28(4)16-24(30)29(21)18-7-10-31-11-8-18/h5-6,13-15,18H,7-12,16H2,1-4H3,(H,25,26)/p+1. The fraction of sp³-hybridized carbons (Fsp3) is 0.500. The molecule has 4 rings (SSSR count). The van der Waals surface area contributed by atoms with Gasteiger partial charge >= 0.3 is 0 Å². The topological polar surface area (TPSA) is 71.4 Å². The van der Waals surface area contributed by atoms with Crippen molar-refractivity contribution in [3.63, 3.8) is 0 Å². The number of rotatable bonds is 7. The fourth-order valence-electron chi connectivity index (χ4n) is 4.24. The quantitative estimate of drug-likeness (QED) is 0.713. The first-order chi connectivity index (χ1) is 15.4. The average molecular weight is 441 g/mol. The van der Waals surface area contributed by atoms with Gasteiger partial charge in [-0.2, -0.15) is 0 Å². The van der Waals surface area contributed by atoms with E-state index < -0.39 is 0 Å². The number of hydrogen-bond donors (Lipinski definition) is 1. The molecule has 2 aromatic rings. The van der Waals surface area contributed by atoms with E-state index in [-0.39, 0.29) is 11.9 Å². The molecular weight excluding hydrogens is 406 g/mol. The molecule has 0 unspecified atom stereocenters. The van der Waals surface area contributed by atoms with Crippen LogP contribution < -0.4 is 24.8 Å². The molecule has 0 radical (unpaired) electrons. The Morgan fingerprint density at radius 1 is 1.22 bits per heavy atom. The highest BCUT2D eigenvalue weighted by atomic mass is 16.5. The lowest BCUT2D eigenvalue weighted by Crippen LogP contribution is -2.51. The Labute approximate surface area is 190 Å². The Balaban J connectivity index is 1.54. The van der Waals surface area contributed by atoms with Crippen molar-refractivity contribution in [2.75, 3.05) is 69.2 Å². The van der Waals surface area contributed by atoms with Crippen LogP contribution in [0.1, 0.15) is 18.4 Å². The molecule has 2 N–H and O–H groups in total. The van der Waals surface area contributed by atoms with Crippen molar-refractivity contribution >= 4 is 28.8 Å². The van der Waals surface area contributed by atoms with Gasteiger partial charge in [-0.25, -0.2) is 10.3 Å². The number of hydrogen-bond acceptors (Lipinski definition) is 6. The van der Waals surface area contributed by atoms with E-state index in [9.17, 15) is 4.79 Å². The highest BCUT2D eigenvalue weighted by Crippen LogP contribution is 2.36. The lowest BCUT2D eigenvalue weighted by Gasteiger charge is -2.40. The first kappa shape index (κ1) is 22.4. The molecule has 2 aliphatic heterocycles. The Hall–Kier alpha value is -2.84. The van der Waals surface area contributed by atoms with Crippen LogP contribution in [0.2, 0.25) is 0 Å². The van der Waals surface area contributed by atoms with Gasteiger partial charge in [-0.15, -0.1) is 0 Å². The van der Waals surface area contributed by atoms with E-state index in [1.165, 1.54) is 0 Å². The van der Waals surface area contributed by atoms with Crippen LogP contribution in [0.4, 0.5) is 22.9 Å². The normalized spacial score (nSPS) is 17.0. The van der Waals surface area contributed by atoms with Gasteiger partial charge in [0, 0.05) is 32.8 Å². The molecule has 1 fully saturated rings. The third-order valence-corrected chi connectivity index (χ3v) is 6.05. The number of aryl methyl sites for hydroxylation is 1. The largest absolute Gasteiger partial charge is 0.492 e. The Morgan fingerprint density at radius 3 is 2.72 bits per heavy atom. The fourth-order valence-corrected chi connectivity index (χ4v) is 4.24. The number of anilines is 4. The molecule has 1 aromatic heterocycles. The van der Waals surface area contributed by atoms with Crippen molar-refractivity contribution in [1.29, 1.82) is 0 Å². The van der Waals surface area contributed by atoms with Crippen molar-refractivity contribution in [2.24, 2.45) is 0 Å². The van der Waals surface area contributed by atoms with E-state index in [1.807, 2.05) is 61.4 Å². The molecule has 0 spiro atoms. The van der Waals surface area contributed by atoms with E-state index in [2.05, 4.69) is 22.1 Å². The number of aromatic amines is 1. The minimum atomic E-state index is 0.138. The number of nitrogens with one attached hydrogen (secondary N) is 2. The number of fused-ring (bicyclic) bond motifs is 1. The maximum atomic E-state index is 13.0. The summed E-state index contributed by atoms with van der Waals surface area (Å²) < 4.78 is 11.4. The van der Waals surface area contributed by atoms with E-state index in [0.717, 1.165) is 53.6 Å². The van der Waals surface area contributed by atoms with E-state index in [0.29, 0.717) is 26.4 Å². The second-order valence-corrected chi connectivity index (χ2v) is 8.83. The smallest absolute Gasteiger partial charge is 0.279 e. The van der Waals surface area contributed by atoms with Crippen LogP contribution in [0.3, 0.4) is 0 Å². The summed E-state index contributed by atoms with van der Waals surface area (Å²) in [5, 5.41) is 3.48. The van der Waals surface area contributed by atoms with Crippen LogP contribution in [0.25, 0.3) is 0 Å². The highest BCUT2D eigenvalue weighted by Gasteiger charge is 2.35. The van der Waals surface area contributed by atoms with E-state index >= 15 is 0 Å². The third kappa shape index (κ3) is 4.97. The summed E-state index contributed by atoms with van der Waals surface area (Å²) in [6, 6.07) is 8.27. The summed E-state index contributed by atoms with van der Waals surface area (Å²) in [4.78, 5) is 22.4. The lowest BCUT2D eigenvalue weighted by atomic mass is 10.0. The number of nitrogens with zero attached hydrogens (tertiary/aromatic N) is 3. The van der Waals surface area contributed by atoms with Crippen LogP contribution in [0.15, 0.2) is 30.5 Å². The van der Waals surface area contributed by atoms with Crippen molar-refractivity contribution in [2.45, 2.75) is 25.8 Å². The van der Waals surface area contributed by atoms with Gasteiger partial charge in [-0.3, -0.25) is 4.79 Å². The van der Waals surface area contributed by atoms with Gasteiger partial charge in [0.15, 0.2) is 0 Å². The second-order valence-electron chi connectivity index (χ2n) is 8.83. The summed E-state index contributed by atoms with van der Waals surface area (Å²) in [6.45, 7) is 5.38. The molecule has 32 heavy (non-hydrogen) atoms. The van der Waals surface area contributed by atoms with Crippen molar-refractivity contribution < 1.29 is 19.3 Å². The molecule has 1 saturated heterocycles. The van der Waals surface area contributed by atoms with Crippen LogP contribution in [-0.2, 0) is 9.53 Å². The molecule has 8 nitrogen and oxygen atoms in total. The highest BCUT2D eigenvalue weighted by molar-refractivity contribution is 6.03. The third-order valence-electron chi connectivity index (χ3n) is 6.05. The second kappa shape index (κ2) is 9.75. The van der Waals surface area contributed by atoms with E-state index in [1.54, 1.807) is 0 Å². The van der Waals surface area contributed by atoms with Gasteiger partial charge < -0.3 is 24.2 Å². The van der Waals surface area contributed by atoms with Gasteiger partial charge in [0.05, 0.1) is 18.3 Å². The zero-order valence-corrected chi connectivity index (χ0v) is 19.5. The van der Waals surface area contributed by atoms with Crippen molar-refractivity contribution in [1.82, 2.24) is 4.90 Å². The molecule has 1 amide bonds. The van der Waals surface area contributed by atoms with E-state index in [4.69, 9.17) is 9.47 Å². The molecule has 1 aromatic carbocycles. The van der Waals surface area contributed by atoms with Crippen molar-refractivity contribution in [3.05, 3.63) is 36.0 Å². The molecule has 8 heteroatoms. The number of carbonyl (C=O) groups is 1. The molecule has 2 aliphatic rings. The first-order valence-electron chi connectivity index (χ1n) is 11.2. The number of benzene rings is 1. The van der Waals surface area contributed by atoms with Crippen LogP contribution in [0, 0.1) is 6.92 Å². The predicted molar refractivity (Wildman–Crippen MR) is 126 cm³/mol. The molecule has 3 heterocycles. The number of carbonyl (C=O) groups excluding carboxylic acids is 1. The van der Waals surface area contributed by atoms with Crippen LogP contribution >= 0.6 is 0 Å². The predicted octanol–water partition coefficient (Wildman–Crippen LogP) is 2.45. The summed E-state index contributed by atoms with van der Waals surface area (Å²) >= 11 is 0. The number of amides is 1. The summed E-state index contributed by atoms with van der Waals surface area (Å²) in [6.07, 6.45) is 3.71. The first-order valence-corrected chi connectivity index (χ1v) is 11.2. The number of H-pyrrole nitrogens is 1. The zero-order valence-electron chi connectivity index (χ0n) is 19.5. The minimum absolute atomic E-state index is 0.138. The van der Waals surface area contributed by atoms with Gasteiger partial charge in [0.25, 0.3) is 5.82 Å². The molecule has 0 bridgehead atoms. The minimum Gasteiger partial charge on any atom is -0.492 e. The molecule has 0 atom stereocenters. The average Bonchev–Trinajstić information content (AvgIpc) is 2.76. The maximum absolute atomic E-state index is 13.0. The Morgan fingerprint density at radius 2 is 2.00 bits per heavy atom. The number of pyridine rings is 1. The van der Waals surface area contributed by atoms with Crippen LogP contribution in [-0.4, -0.2) is 70.9 Å². The molecule has 172 valence electrons. The SMILES string of the molecule is Cc1cc(OCCN(C)C)ccc1Nc1cc2c(c[nH+]1)N(C)CC(=O)N2C1CCOCC1. The van der Waals surface area contributed by atoms with Crippen LogP contribution in [0.5, 0.6) is 5.75 Å². The zero-order chi connectivity index (χ0) is 22.7. The summed E-state index contributed by atoms with van der Waals surface area (Å²) in [5.41, 5.74) is 4.06. The number of ether oxygens (including phenoxy) is 2. The lowest BCUT2D eigenvalue weighted by molar-refractivity contribution is -0.359. The summed E-state index contributed by atoms with van der Waals surface area (Å²) in [5.74, 6) is 1.84. The molecular formula is C24H34N5O3+. The Kier molecular flexibility index (Phi) is 6.81. The van der Waals surface area contributed by atoms with Gasteiger partial charge in [-0.1, -0.05) is 0 Å². The summed E-state index contributed by atoms with van der Waals surface area (Å²) in [7, 11) is 6.02. The number of aromatic nitrogens is 1. The van der Waals surface area contributed by atoms with Gasteiger partial charge in [0.1, 0.15) is 29.9 Å². The van der Waals surface area contributed by atoms with Gasteiger partial charge in [0.2, 0.25) is 5.91 Å². The molecule has 0 saturated carbocycles. The van der Waals surface area contributed by atoms with Gasteiger partial charge in [-0.05, 0) is 57.6 Å². The number of likely N-dealkylation sites (N-methyl/N-ethyl adjacent to an activating group) is 2. The monoisotopic (exact) mass is 440 g/mol.